The molecule has 1 aliphatic rings. The Hall–Kier alpha value is -1.97. The summed E-state index contributed by atoms with van der Waals surface area (Å²) < 4.78 is 1.63. The highest BCUT2D eigenvalue weighted by Crippen LogP contribution is 2.45. The monoisotopic (exact) mass is 354 g/mol. The molecule has 4 atom stereocenters. The number of fused-ring (bicyclic) bond motifs is 1. The second-order valence-corrected chi connectivity index (χ2v) is 6.46. The molecule has 10 heteroatoms. The first-order chi connectivity index (χ1) is 11.3. The Balaban J connectivity index is 2.08. The minimum absolute atomic E-state index is 0.0377. The van der Waals surface area contributed by atoms with Crippen molar-refractivity contribution in [3.63, 3.8) is 0 Å². The molecule has 4 N–H and O–H groups in total. The van der Waals surface area contributed by atoms with Crippen molar-refractivity contribution in [2.45, 2.75) is 31.6 Å². The molecule has 2 aromatic rings. The van der Waals surface area contributed by atoms with E-state index in [4.69, 9.17) is 11.6 Å². The molecule has 3 rings (SSSR count). The van der Waals surface area contributed by atoms with Crippen LogP contribution in [0.5, 0.6) is 0 Å². The molecular weight excluding hydrogens is 336 g/mol. The average molecular weight is 355 g/mol. The number of rotatable bonds is 3. The maximum absolute atomic E-state index is 12.2. The summed E-state index contributed by atoms with van der Waals surface area (Å²) in [4.78, 5) is 24.7. The summed E-state index contributed by atoms with van der Waals surface area (Å²) >= 11 is 5.95. The molecule has 1 fully saturated rings. The summed E-state index contributed by atoms with van der Waals surface area (Å²) in [5.41, 5.74) is -0.188. The Morgan fingerprint density at radius 3 is 2.75 bits per heavy atom. The second kappa shape index (κ2) is 5.83. The molecule has 0 saturated heterocycles. The van der Waals surface area contributed by atoms with Crippen LogP contribution in [0.2, 0.25) is 5.28 Å². The zero-order chi connectivity index (χ0) is 17.6. The minimum atomic E-state index is -1.21. The lowest BCUT2D eigenvalue weighted by molar-refractivity contribution is -0.136. The van der Waals surface area contributed by atoms with Crippen molar-refractivity contribution in [3.05, 3.63) is 11.6 Å². The van der Waals surface area contributed by atoms with Gasteiger partial charge < -0.3 is 25.4 Å². The normalized spacial score (nSPS) is 29.8. The van der Waals surface area contributed by atoms with E-state index in [0.717, 1.165) is 0 Å². The SMILES string of the molecule is CNC(=O)[C@@]1(C)C[C@@H](n2cnc3c(NC)nc(Cl)nc32)[C@H](O)[C@@H]1O. The zero-order valence-corrected chi connectivity index (χ0v) is 14.2. The Morgan fingerprint density at radius 1 is 1.42 bits per heavy atom. The van der Waals surface area contributed by atoms with Gasteiger partial charge in [0.05, 0.1) is 23.9 Å². The number of halogens is 1. The number of amides is 1. The number of carbonyl (C=O) groups excluding carboxylic acids is 1. The largest absolute Gasteiger partial charge is 0.389 e. The maximum atomic E-state index is 12.2. The number of imidazole rings is 1. The summed E-state index contributed by atoms with van der Waals surface area (Å²) in [6, 6.07) is -0.567. The minimum Gasteiger partial charge on any atom is -0.389 e. The van der Waals surface area contributed by atoms with Crippen LogP contribution in [0.3, 0.4) is 0 Å². The molecule has 0 aliphatic heterocycles. The molecular formula is C14H19ClN6O3. The van der Waals surface area contributed by atoms with E-state index >= 15 is 0 Å². The highest BCUT2D eigenvalue weighted by atomic mass is 35.5. The number of aliphatic hydroxyl groups is 2. The van der Waals surface area contributed by atoms with Crippen LogP contribution < -0.4 is 10.6 Å². The quantitative estimate of drug-likeness (QED) is 0.569. The molecule has 0 unspecified atom stereocenters. The Labute approximate surface area is 143 Å². The van der Waals surface area contributed by atoms with Crippen LogP contribution in [0.25, 0.3) is 11.2 Å². The Bertz CT molecular complexity index is 796. The smallest absolute Gasteiger partial charge is 0.228 e. The van der Waals surface area contributed by atoms with Crippen molar-refractivity contribution in [1.29, 1.82) is 0 Å². The van der Waals surface area contributed by atoms with Crippen LogP contribution in [0.1, 0.15) is 19.4 Å². The summed E-state index contributed by atoms with van der Waals surface area (Å²) in [5.74, 6) is 0.135. The van der Waals surface area contributed by atoms with Gasteiger partial charge in [0.25, 0.3) is 0 Å². The molecule has 2 heterocycles. The predicted molar refractivity (Wildman–Crippen MR) is 87.7 cm³/mol. The van der Waals surface area contributed by atoms with E-state index in [9.17, 15) is 15.0 Å². The number of aromatic nitrogens is 4. The van der Waals surface area contributed by atoms with Gasteiger partial charge in [-0.2, -0.15) is 9.97 Å². The fourth-order valence-corrected chi connectivity index (χ4v) is 3.51. The molecule has 1 saturated carbocycles. The lowest BCUT2D eigenvalue weighted by Crippen LogP contribution is -2.45. The fourth-order valence-electron chi connectivity index (χ4n) is 3.35. The molecule has 1 aliphatic carbocycles. The highest BCUT2D eigenvalue weighted by Gasteiger charge is 2.54. The van der Waals surface area contributed by atoms with E-state index in [1.54, 1.807) is 18.5 Å². The molecule has 1 amide bonds. The lowest BCUT2D eigenvalue weighted by atomic mass is 9.85. The Morgan fingerprint density at radius 2 is 2.12 bits per heavy atom. The van der Waals surface area contributed by atoms with Crippen LogP contribution in [-0.2, 0) is 4.79 Å². The van der Waals surface area contributed by atoms with Crippen LogP contribution >= 0.6 is 11.6 Å². The fraction of sp³-hybridized carbons (Fsp3) is 0.571. The lowest BCUT2D eigenvalue weighted by Gasteiger charge is -2.26. The third-order valence-electron chi connectivity index (χ3n) is 4.74. The van der Waals surface area contributed by atoms with Crippen molar-refractivity contribution in [1.82, 2.24) is 24.8 Å². The third-order valence-corrected chi connectivity index (χ3v) is 4.91. The van der Waals surface area contributed by atoms with E-state index in [-0.39, 0.29) is 17.6 Å². The highest BCUT2D eigenvalue weighted by molar-refractivity contribution is 6.28. The van der Waals surface area contributed by atoms with Gasteiger partial charge in [-0.15, -0.1) is 0 Å². The van der Waals surface area contributed by atoms with Crippen molar-refractivity contribution in [2.75, 3.05) is 19.4 Å². The number of hydrogen-bond acceptors (Lipinski definition) is 7. The van der Waals surface area contributed by atoms with Crippen LogP contribution in [0.4, 0.5) is 5.82 Å². The van der Waals surface area contributed by atoms with E-state index < -0.39 is 23.7 Å². The van der Waals surface area contributed by atoms with Gasteiger partial charge in [0, 0.05) is 14.1 Å². The van der Waals surface area contributed by atoms with Gasteiger partial charge in [0.15, 0.2) is 17.0 Å². The molecule has 0 spiro atoms. The third kappa shape index (κ3) is 2.31. The van der Waals surface area contributed by atoms with Gasteiger partial charge in [0.2, 0.25) is 11.2 Å². The zero-order valence-electron chi connectivity index (χ0n) is 13.5. The van der Waals surface area contributed by atoms with Crippen LogP contribution in [0.15, 0.2) is 6.33 Å². The molecule has 24 heavy (non-hydrogen) atoms. The summed E-state index contributed by atoms with van der Waals surface area (Å²) in [5, 5.41) is 26.4. The van der Waals surface area contributed by atoms with Crippen molar-refractivity contribution < 1.29 is 15.0 Å². The second-order valence-electron chi connectivity index (χ2n) is 6.12. The Kier molecular flexibility index (Phi) is 4.10. The number of aliphatic hydroxyl groups excluding tert-OH is 2. The molecule has 130 valence electrons. The molecule has 0 bridgehead atoms. The van der Waals surface area contributed by atoms with Crippen molar-refractivity contribution >= 4 is 34.5 Å². The van der Waals surface area contributed by atoms with E-state index in [2.05, 4.69) is 25.6 Å². The first-order valence-electron chi connectivity index (χ1n) is 7.49. The number of nitrogens with zero attached hydrogens (tertiary/aromatic N) is 4. The standard InChI is InChI=1S/C14H19ClN6O3/c1-14(12(24)17-3)4-6(8(22)9(14)23)21-5-18-7-10(16-2)19-13(15)20-11(7)21/h5-6,8-9,22-23H,4H2,1-3H3,(H,17,24)(H,16,19,20)/t6-,8+,9+,14+/m1/s1. The van der Waals surface area contributed by atoms with Gasteiger partial charge in [-0.25, -0.2) is 4.98 Å². The number of anilines is 1. The number of nitrogens with one attached hydrogen (secondary N) is 2. The van der Waals surface area contributed by atoms with Crippen LogP contribution in [0, 0.1) is 5.41 Å². The number of hydrogen-bond donors (Lipinski definition) is 4. The van der Waals surface area contributed by atoms with E-state index in [0.29, 0.717) is 17.0 Å². The first kappa shape index (κ1) is 16.9. The predicted octanol–water partition coefficient (Wildman–Crippen LogP) is -0.0597. The van der Waals surface area contributed by atoms with Gasteiger partial charge >= 0.3 is 0 Å². The topological polar surface area (TPSA) is 125 Å². The van der Waals surface area contributed by atoms with Gasteiger partial charge in [-0.05, 0) is 24.9 Å². The first-order valence-corrected chi connectivity index (χ1v) is 7.87. The molecule has 0 radical (unpaired) electrons. The summed E-state index contributed by atoms with van der Waals surface area (Å²) in [6.07, 6.45) is -0.610. The van der Waals surface area contributed by atoms with Crippen molar-refractivity contribution in [3.8, 4) is 0 Å². The molecule has 9 nitrogen and oxygen atoms in total. The summed E-state index contributed by atoms with van der Waals surface area (Å²) in [6.45, 7) is 1.62. The van der Waals surface area contributed by atoms with Gasteiger partial charge in [0.1, 0.15) is 6.10 Å². The van der Waals surface area contributed by atoms with Crippen molar-refractivity contribution in [2.24, 2.45) is 5.41 Å². The van der Waals surface area contributed by atoms with Gasteiger partial charge in [-0.1, -0.05) is 0 Å². The maximum Gasteiger partial charge on any atom is 0.228 e. The molecule has 2 aromatic heterocycles. The number of carbonyl (C=O) groups is 1. The van der Waals surface area contributed by atoms with E-state index in [1.165, 1.54) is 13.4 Å². The average Bonchev–Trinajstić information content (AvgIpc) is 3.08. The van der Waals surface area contributed by atoms with Crippen LogP contribution in [-0.4, -0.2) is 61.9 Å². The van der Waals surface area contributed by atoms with E-state index in [1.807, 2.05) is 0 Å². The molecule has 0 aromatic carbocycles. The van der Waals surface area contributed by atoms with Gasteiger partial charge in [-0.3, -0.25) is 4.79 Å². The summed E-state index contributed by atoms with van der Waals surface area (Å²) in [7, 11) is 3.19.